The van der Waals surface area contributed by atoms with Gasteiger partial charge in [0, 0.05) is 7.11 Å². The monoisotopic (exact) mass is 147 g/mol. The van der Waals surface area contributed by atoms with Crippen LogP contribution in [0.15, 0.2) is 0 Å². The molecule has 2 atom stereocenters. The van der Waals surface area contributed by atoms with Crippen LogP contribution >= 0.6 is 11.6 Å². The Hall–Kier alpha value is 0.250. The molecule has 0 aliphatic heterocycles. The zero-order valence-electron chi connectivity index (χ0n) is 5.64. The second-order valence-corrected chi connectivity index (χ2v) is 2.95. The predicted molar refractivity (Wildman–Crippen MR) is 38.6 cm³/mol. The lowest BCUT2D eigenvalue weighted by molar-refractivity contribution is 0.0870. The molecule has 1 saturated carbocycles. The van der Waals surface area contributed by atoms with E-state index in [1.807, 2.05) is 0 Å². The van der Waals surface area contributed by atoms with Crippen LogP contribution in [0.3, 0.4) is 0 Å². The summed E-state index contributed by atoms with van der Waals surface area (Å²) in [7, 11) is 1.72. The van der Waals surface area contributed by atoms with E-state index in [2.05, 4.69) is 6.42 Å². The molecule has 0 N–H and O–H groups in total. The number of methoxy groups -OCH3 is 1. The van der Waals surface area contributed by atoms with E-state index < -0.39 is 0 Å². The van der Waals surface area contributed by atoms with Gasteiger partial charge in [-0.05, 0) is 25.7 Å². The van der Waals surface area contributed by atoms with Crippen molar-refractivity contribution in [2.24, 2.45) is 0 Å². The van der Waals surface area contributed by atoms with E-state index in [1.54, 1.807) is 7.11 Å². The van der Waals surface area contributed by atoms with Gasteiger partial charge in [0.05, 0.1) is 11.5 Å². The lowest BCUT2D eigenvalue weighted by atomic mass is 9.97. The van der Waals surface area contributed by atoms with Gasteiger partial charge in [0.15, 0.2) is 0 Å². The van der Waals surface area contributed by atoms with Gasteiger partial charge >= 0.3 is 0 Å². The Labute approximate surface area is 61.3 Å². The molecular weight excluding hydrogens is 136 g/mol. The van der Waals surface area contributed by atoms with Gasteiger partial charge in [0.25, 0.3) is 0 Å². The first-order valence-corrected chi connectivity index (χ1v) is 3.76. The number of alkyl halides is 1. The molecule has 1 nitrogen and oxygen atoms in total. The molecule has 0 bridgehead atoms. The fourth-order valence-electron chi connectivity index (χ4n) is 1.14. The number of hydrogen-bond acceptors (Lipinski definition) is 1. The third-order valence-electron chi connectivity index (χ3n) is 1.75. The van der Waals surface area contributed by atoms with E-state index in [4.69, 9.17) is 16.3 Å². The summed E-state index contributed by atoms with van der Waals surface area (Å²) in [4.78, 5) is 0. The number of hydrogen-bond donors (Lipinski definition) is 0. The second-order valence-electron chi connectivity index (χ2n) is 2.39. The Bertz CT molecular complexity index is 85.0. The summed E-state index contributed by atoms with van der Waals surface area (Å²) in [6.07, 6.45) is 5.74. The number of ether oxygens (including phenoxy) is 1. The summed E-state index contributed by atoms with van der Waals surface area (Å²) in [5.74, 6) is 0. The van der Waals surface area contributed by atoms with Gasteiger partial charge < -0.3 is 4.74 Å². The lowest BCUT2D eigenvalue weighted by Crippen LogP contribution is -2.27. The molecule has 0 heterocycles. The van der Waals surface area contributed by atoms with Gasteiger partial charge in [0.2, 0.25) is 0 Å². The molecule has 0 aromatic rings. The highest BCUT2D eigenvalue weighted by atomic mass is 35.5. The van der Waals surface area contributed by atoms with E-state index in [0.717, 1.165) is 19.3 Å². The van der Waals surface area contributed by atoms with Crippen LogP contribution in [0.1, 0.15) is 19.3 Å². The number of rotatable bonds is 1. The zero-order chi connectivity index (χ0) is 6.69. The van der Waals surface area contributed by atoms with Crippen LogP contribution in [0.4, 0.5) is 0 Å². The zero-order valence-corrected chi connectivity index (χ0v) is 6.40. The predicted octanol–water partition coefficient (Wildman–Crippen LogP) is 2.00. The van der Waals surface area contributed by atoms with Crippen molar-refractivity contribution in [3.63, 3.8) is 0 Å². The molecule has 2 heteroatoms. The van der Waals surface area contributed by atoms with Crippen LogP contribution in [0.2, 0.25) is 0 Å². The maximum absolute atomic E-state index is 5.94. The molecule has 1 unspecified atom stereocenters. The van der Waals surface area contributed by atoms with Crippen LogP contribution in [-0.4, -0.2) is 18.6 Å². The normalized spacial score (nSPS) is 36.7. The maximum atomic E-state index is 5.94. The van der Waals surface area contributed by atoms with Crippen molar-refractivity contribution in [3.8, 4) is 0 Å². The van der Waals surface area contributed by atoms with Crippen molar-refractivity contribution in [3.05, 3.63) is 6.42 Å². The summed E-state index contributed by atoms with van der Waals surface area (Å²) in [6, 6.07) is 0. The smallest absolute Gasteiger partial charge is 0.0737 e. The van der Waals surface area contributed by atoms with Gasteiger partial charge in [-0.2, -0.15) is 0 Å². The molecule has 1 aliphatic carbocycles. The fourth-order valence-corrected chi connectivity index (χ4v) is 1.47. The third kappa shape index (κ3) is 1.84. The van der Waals surface area contributed by atoms with Crippen LogP contribution in [0, 0.1) is 6.42 Å². The fraction of sp³-hybridized carbons (Fsp3) is 0.857. The van der Waals surface area contributed by atoms with Gasteiger partial charge in [-0.1, -0.05) is 0 Å². The lowest BCUT2D eigenvalue weighted by Gasteiger charge is -2.24. The maximum Gasteiger partial charge on any atom is 0.0737 e. The Morgan fingerprint density at radius 3 is 2.89 bits per heavy atom. The van der Waals surface area contributed by atoms with Gasteiger partial charge in [-0.15, -0.1) is 11.6 Å². The SMILES string of the molecule is CO[C@@H]1C[CH]CCC1Cl. The van der Waals surface area contributed by atoms with Crippen molar-refractivity contribution >= 4 is 11.6 Å². The first-order valence-electron chi connectivity index (χ1n) is 3.33. The van der Waals surface area contributed by atoms with Crippen molar-refractivity contribution in [2.75, 3.05) is 7.11 Å². The first-order chi connectivity index (χ1) is 4.34. The molecule has 53 valence electrons. The minimum Gasteiger partial charge on any atom is -0.380 e. The molecule has 1 radical (unpaired) electrons. The van der Waals surface area contributed by atoms with Gasteiger partial charge in [0.1, 0.15) is 0 Å². The van der Waals surface area contributed by atoms with Crippen LogP contribution < -0.4 is 0 Å². The highest BCUT2D eigenvalue weighted by Crippen LogP contribution is 2.23. The average Bonchev–Trinajstić information content (AvgIpc) is 1.89. The Morgan fingerprint density at radius 1 is 1.67 bits per heavy atom. The summed E-state index contributed by atoms with van der Waals surface area (Å²) in [5.41, 5.74) is 0. The van der Waals surface area contributed by atoms with Crippen molar-refractivity contribution in [1.82, 2.24) is 0 Å². The van der Waals surface area contributed by atoms with E-state index in [-0.39, 0.29) is 11.5 Å². The molecular formula is C7H12ClO. The molecule has 0 aromatic carbocycles. The molecule has 1 rings (SSSR count). The molecule has 9 heavy (non-hydrogen) atoms. The minimum absolute atomic E-state index is 0.236. The summed E-state index contributed by atoms with van der Waals surface area (Å²) >= 11 is 5.94. The molecule has 0 saturated heterocycles. The largest absolute Gasteiger partial charge is 0.380 e. The molecule has 0 amide bonds. The van der Waals surface area contributed by atoms with Gasteiger partial charge in [-0.3, -0.25) is 0 Å². The van der Waals surface area contributed by atoms with E-state index in [9.17, 15) is 0 Å². The standard InChI is InChI=1S/C7H12ClO/c1-9-7-5-3-2-4-6(7)8/h3,6-7H,2,4-5H2,1H3/t6?,7-/m1/s1. The van der Waals surface area contributed by atoms with Crippen molar-refractivity contribution in [2.45, 2.75) is 30.7 Å². The minimum atomic E-state index is 0.236. The quantitative estimate of drug-likeness (QED) is 0.516. The van der Waals surface area contributed by atoms with Crippen LogP contribution in [0.25, 0.3) is 0 Å². The summed E-state index contributed by atoms with van der Waals surface area (Å²) in [6.45, 7) is 0. The van der Waals surface area contributed by atoms with E-state index in [1.165, 1.54) is 0 Å². The second kappa shape index (κ2) is 3.43. The highest BCUT2D eigenvalue weighted by Gasteiger charge is 2.22. The number of halogens is 1. The summed E-state index contributed by atoms with van der Waals surface area (Å²) < 4.78 is 5.14. The van der Waals surface area contributed by atoms with E-state index >= 15 is 0 Å². The first kappa shape index (κ1) is 7.36. The van der Waals surface area contributed by atoms with Gasteiger partial charge in [-0.25, -0.2) is 0 Å². The van der Waals surface area contributed by atoms with Crippen LogP contribution in [-0.2, 0) is 4.74 Å². The van der Waals surface area contributed by atoms with Crippen LogP contribution in [0.5, 0.6) is 0 Å². The molecule has 0 spiro atoms. The topological polar surface area (TPSA) is 9.23 Å². The Balaban J connectivity index is 2.30. The Morgan fingerprint density at radius 2 is 2.44 bits per heavy atom. The highest BCUT2D eigenvalue weighted by molar-refractivity contribution is 6.21. The summed E-state index contributed by atoms with van der Waals surface area (Å²) in [5, 5.41) is 0.236. The third-order valence-corrected chi connectivity index (χ3v) is 2.25. The molecule has 1 aliphatic rings. The average molecular weight is 148 g/mol. The Kier molecular flexibility index (Phi) is 2.80. The van der Waals surface area contributed by atoms with E-state index in [0.29, 0.717) is 0 Å². The van der Waals surface area contributed by atoms with Crippen molar-refractivity contribution in [1.29, 1.82) is 0 Å². The van der Waals surface area contributed by atoms with Crippen molar-refractivity contribution < 1.29 is 4.74 Å². The molecule has 1 fully saturated rings. The molecule has 0 aromatic heterocycles.